The van der Waals surface area contributed by atoms with Crippen LogP contribution in [0.3, 0.4) is 0 Å². The highest BCUT2D eigenvalue weighted by Crippen LogP contribution is 2.49. The number of hydrogen-bond donors (Lipinski definition) is 1. The minimum atomic E-state index is -0.598. The van der Waals surface area contributed by atoms with Crippen LogP contribution in [-0.4, -0.2) is 19.6 Å². The molecular formula is C34H35N2O2. The van der Waals surface area contributed by atoms with Crippen molar-refractivity contribution in [3.63, 3.8) is 0 Å². The molecule has 0 bridgehead atoms. The summed E-state index contributed by atoms with van der Waals surface area (Å²) in [6.45, 7) is 4.82. The van der Waals surface area contributed by atoms with Crippen molar-refractivity contribution in [3.8, 4) is 11.8 Å². The number of nitrogens with one attached hydrogen (secondary N) is 1. The van der Waals surface area contributed by atoms with Crippen LogP contribution in [0.5, 0.6) is 5.75 Å². The highest BCUT2D eigenvalue weighted by atomic mass is 16.5. The zero-order chi connectivity index (χ0) is 26.5. The van der Waals surface area contributed by atoms with E-state index in [0.29, 0.717) is 23.9 Å². The Morgan fingerprint density at radius 1 is 1.13 bits per heavy atom. The van der Waals surface area contributed by atoms with Gasteiger partial charge in [0.25, 0.3) is 5.91 Å². The Morgan fingerprint density at radius 3 is 2.76 bits per heavy atom. The molecule has 6 rings (SSSR count). The van der Waals surface area contributed by atoms with E-state index in [-0.39, 0.29) is 11.3 Å². The van der Waals surface area contributed by atoms with Gasteiger partial charge in [-0.1, -0.05) is 54.5 Å². The van der Waals surface area contributed by atoms with Crippen LogP contribution in [0.15, 0.2) is 77.4 Å². The molecule has 1 amide bonds. The fraction of sp³-hybridized carbons (Fsp3) is 0.382. The zero-order valence-corrected chi connectivity index (χ0v) is 22.5. The average Bonchev–Trinajstić information content (AvgIpc) is 3.64. The molecule has 1 N–H and O–H groups in total. The summed E-state index contributed by atoms with van der Waals surface area (Å²) >= 11 is 0. The molecular weight excluding hydrogens is 468 g/mol. The summed E-state index contributed by atoms with van der Waals surface area (Å²) in [5.41, 5.74) is 7.50. The number of nitriles is 1. The molecule has 1 unspecified atom stereocenters. The zero-order valence-electron chi connectivity index (χ0n) is 22.5. The second kappa shape index (κ2) is 9.31. The van der Waals surface area contributed by atoms with Gasteiger partial charge in [-0.3, -0.25) is 4.79 Å². The number of amides is 1. The first-order valence-corrected chi connectivity index (χ1v) is 13.7. The number of methoxy groups -OCH3 is 1. The van der Waals surface area contributed by atoms with Gasteiger partial charge in [0.2, 0.25) is 0 Å². The van der Waals surface area contributed by atoms with Crippen LogP contribution in [0, 0.1) is 29.1 Å². The molecule has 4 heteroatoms. The lowest BCUT2D eigenvalue weighted by Crippen LogP contribution is -2.36. The Kier molecular flexibility index (Phi) is 6.06. The highest BCUT2D eigenvalue weighted by Gasteiger charge is 2.39. The number of hydrogen-bond acceptors (Lipinski definition) is 3. The lowest BCUT2D eigenvalue weighted by molar-refractivity contribution is 0.0940. The topological polar surface area (TPSA) is 62.1 Å². The number of carbonyl (C=O) groups is 1. The summed E-state index contributed by atoms with van der Waals surface area (Å²) in [5, 5.41) is 13.2. The van der Waals surface area contributed by atoms with E-state index in [1.54, 1.807) is 7.11 Å². The fourth-order valence-corrected chi connectivity index (χ4v) is 6.46. The van der Waals surface area contributed by atoms with Crippen molar-refractivity contribution < 1.29 is 9.53 Å². The van der Waals surface area contributed by atoms with Gasteiger partial charge in [0.05, 0.1) is 18.6 Å². The summed E-state index contributed by atoms with van der Waals surface area (Å²) in [4.78, 5) is 13.2. The summed E-state index contributed by atoms with van der Waals surface area (Å²) in [7, 11) is 1.72. The van der Waals surface area contributed by atoms with Gasteiger partial charge in [-0.05, 0) is 97.4 Å². The minimum Gasteiger partial charge on any atom is -0.497 e. The number of allylic oxidation sites excluding steroid dienone is 5. The number of benzene rings is 2. The number of nitrogens with zero attached hydrogens (tertiary/aromatic N) is 1. The van der Waals surface area contributed by atoms with Crippen molar-refractivity contribution >= 4 is 5.91 Å². The van der Waals surface area contributed by atoms with Crippen molar-refractivity contribution in [2.75, 3.05) is 13.7 Å². The third-order valence-electron chi connectivity index (χ3n) is 9.05. The molecule has 0 heterocycles. The van der Waals surface area contributed by atoms with Crippen molar-refractivity contribution in [1.82, 2.24) is 5.32 Å². The fourth-order valence-electron chi connectivity index (χ4n) is 6.46. The maximum Gasteiger partial charge on any atom is 0.251 e. The standard InChI is InChI=1S/C34H35N2O2/c1-33(11-5-7-25(18-33)27-13-26(14-27)22-6-4-8-30(16-22)38-3)21-36-32(37)24-10-9-23-12-28-15-29(28)19-34(2,20-35)31(23)17-24/h4-10,15-18,26-27H,11-14,19,21H2,1-3H3,(H,36,37)/t26?,27?,33?,34-/m0/s1. The third-order valence-corrected chi connectivity index (χ3v) is 9.05. The van der Waals surface area contributed by atoms with Gasteiger partial charge < -0.3 is 10.1 Å². The van der Waals surface area contributed by atoms with Crippen LogP contribution in [0.2, 0.25) is 0 Å². The summed E-state index contributed by atoms with van der Waals surface area (Å²) in [5.74, 6) is 1.99. The largest absolute Gasteiger partial charge is 0.497 e. The number of fused-ring (bicyclic) bond motifs is 1. The van der Waals surface area contributed by atoms with Crippen LogP contribution < -0.4 is 10.1 Å². The van der Waals surface area contributed by atoms with Gasteiger partial charge in [-0.15, -0.1) is 0 Å². The first-order chi connectivity index (χ1) is 18.3. The molecule has 0 saturated heterocycles. The van der Waals surface area contributed by atoms with Crippen molar-refractivity contribution in [2.45, 2.75) is 57.3 Å². The Labute approximate surface area is 226 Å². The molecule has 1 radical (unpaired) electrons. The van der Waals surface area contributed by atoms with E-state index in [1.807, 2.05) is 31.2 Å². The van der Waals surface area contributed by atoms with E-state index < -0.39 is 5.41 Å². The number of rotatable bonds is 6. The van der Waals surface area contributed by atoms with Crippen LogP contribution in [-0.2, 0) is 11.8 Å². The molecule has 0 spiro atoms. The minimum absolute atomic E-state index is 0.0678. The van der Waals surface area contributed by atoms with E-state index in [1.165, 1.54) is 22.3 Å². The van der Waals surface area contributed by atoms with Crippen LogP contribution in [0.25, 0.3) is 0 Å². The summed E-state index contributed by atoms with van der Waals surface area (Å²) in [6, 6.07) is 16.9. The predicted octanol–water partition coefficient (Wildman–Crippen LogP) is 6.75. The monoisotopic (exact) mass is 503 g/mol. The summed E-state index contributed by atoms with van der Waals surface area (Å²) in [6.07, 6.45) is 13.9. The molecule has 2 aromatic carbocycles. The summed E-state index contributed by atoms with van der Waals surface area (Å²) < 4.78 is 5.40. The second-order valence-corrected chi connectivity index (χ2v) is 12.1. The SMILES string of the molecule is COc1cccc(C2CC(C3=CC(C)(CNC(=O)c4ccc5c(c4)[C@](C)(C#N)CC4=C([CH]4)C5)CC=C3)C2)c1. The van der Waals surface area contributed by atoms with Crippen LogP contribution >= 0.6 is 0 Å². The van der Waals surface area contributed by atoms with E-state index in [9.17, 15) is 10.1 Å². The van der Waals surface area contributed by atoms with Crippen LogP contribution in [0.1, 0.15) is 72.5 Å². The lowest BCUT2D eigenvalue weighted by Gasteiger charge is -2.39. The molecule has 2 aromatic rings. The van der Waals surface area contributed by atoms with E-state index in [0.717, 1.165) is 49.0 Å². The average molecular weight is 504 g/mol. The number of carbonyl (C=O) groups excluding carboxylic acids is 1. The second-order valence-electron chi connectivity index (χ2n) is 12.1. The van der Waals surface area contributed by atoms with E-state index in [4.69, 9.17) is 4.74 Å². The maximum absolute atomic E-state index is 13.2. The molecule has 0 aliphatic heterocycles. The normalized spacial score (nSPS) is 29.2. The van der Waals surface area contributed by atoms with Gasteiger partial charge in [0.1, 0.15) is 5.75 Å². The first-order valence-electron chi connectivity index (χ1n) is 13.7. The number of ether oxygens (including phenoxy) is 1. The molecule has 4 aliphatic carbocycles. The lowest BCUT2D eigenvalue weighted by atomic mass is 9.66. The molecule has 1 saturated carbocycles. The van der Waals surface area contributed by atoms with E-state index >= 15 is 0 Å². The van der Waals surface area contributed by atoms with Crippen LogP contribution in [0.4, 0.5) is 0 Å². The third kappa shape index (κ3) is 4.60. The first kappa shape index (κ1) is 24.7. The van der Waals surface area contributed by atoms with Gasteiger partial charge in [0, 0.05) is 23.9 Å². The molecule has 4 aliphatic rings. The smallest absolute Gasteiger partial charge is 0.251 e. The van der Waals surface area contributed by atoms with Gasteiger partial charge >= 0.3 is 0 Å². The molecule has 1 fully saturated rings. The predicted molar refractivity (Wildman–Crippen MR) is 150 cm³/mol. The quantitative estimate of drug-likeness (QED) is 0.474. The van der Waals surface area contributed by atoms with Crippen molar-refractivity contribution in [2.24, 2.45) is 11.3 Å². The Balaban J connectivity index is 1.11. The molecule has 2 atom stereocenters. The Morgan fingerprint density at radius 2 is 1.97 bits per heavy atom. The highest BCUT2D eigenvalue weighted by molar-refractivity contribution is 5.94. The molecule has 4 nitrogen and oxygen atoms in total. The Hall–Kier alpha value is -3.58. The van der Waals surface area contributed by atoms with Crippen molar-refractivity contribution in [1.29, 1.82) is 5.26 Å². The molecule has 0 aromatic heterocycles. The van der Waals surface area contributed by atoms with E-state index in [2.05, 4.69) is 61.2 Å². The Bertz CT molecular complexity index is 1430. The molecule has 193 valence electrons. The van der Waals surface area contributed by atoms with Gasteiger partial charge in [0.15, 0.2) is 0 Å². The van der Waals surface area contributed by atoms with Gasteiger partial charge in [-0.2, -0.15) is 5.26 Å². The van der Waals surface area contributed by atoms with Crippen molar-refractivity contribution in [3.05, 3.63) is 106 Å². The maximum atomic E-state index is 13.2. The van der Waals surface area contributed by atoms with Gasteiger partial charge in [-0.25, -0.2) is 0 Å². The molecule has 38 heavy (non-hydrogen) atoms.